The first-order chi connectivity index (χ1) is 8.50. The number of carbonyl (C=O) groups is 1. The molecule has 0 amide bonds. The standard InChI is InChI=1S/C14H16O4/c1-3-14(17,10-18-2)9-8-11-4-6-12(7-5-11)13(15)16/h4-7,17H,3,10H2,1-2H3,(H,15,16)/t14-/m0/s1. The van der Waals surface area contributed by atoms with Gasteiger partial charge in [-0.2, -0.15) is 0 Å². The van der Waals surface area contributed by atoms with Crippen LogP contribution in [0, 0.1) is 11.8 Å². The summed E-state index contributed by atoms with van der Waals surface area (Å²) in [5.74, 6) is 4.59. The van der Waals surface area contributed by atoms with Crippen LogP contribution in [0.3, 0.4) is 0 Å². The fourth-order valence-electron chi connectivity index (χ4n) is 1.35. The lowest BCUT2D eigenvalue weighted by Crippen LogP contribution is -2.31. The Morgan fingerprint density at radius 2 is 2.00 bits per heavy atom. The minimum atomic E-state index is -1.17. The van der Waals surface area contributed by atoms with Crippen molar-refractivity contribution in [3.05, 3.63) is 35.4 Å². The molecule has 2 N–H and O–H groups in total. The van der Waals surface area contributed by atoms with Gasteiger partial charge in [0.2, 0.25) is 0 Å². The molecule has 0 heterocycles. The van der Waals surface area contributed by atoms with E-state index in [0.717, 1.165) is 0 Å². The molecule has 4 heteroatoms. The average molecular weight is 248 g/mol. The Labute approximate surface area is 106 Å². The highest BCUT2D eigenvalue weighted by atomic mass is 16.5. The van der Waals surface area contributed by atoms with E-state index in [9.17, 15) is 9.90 Å². The van der Waals surface area contributed by atoms with Gasteiger partial charge in [0.1, 0.15) is 5.60 Å². The SMILES string of the molecule is CC[C@](O)(C#Cc1ccc(C(=O)O)cc1)COC. The Bertz CT molecular complexity index is 467. The number of hydrogen-bond donors (Lipinski definition) is 2. The molecule has 0 unspecified atom stereocenters. The summed E-state index contributed by atoms with van der Waals surface area (Å²) in [6.07, 6.45) is 0.459. The molecule has 1 aromatic rings. The molecule has 18 heavy (non-hydrogen) atoms. The Morgan fingerprint density at radius 3 is 2.44 bits per heavy atom. The number of aliphatic hydroxyl groups is 1. The van der Waals surface area contributed by atoms with E-state index in [-0.39, 0.29) is 12.2 Å². The molecule has 4 nitrogen and oxygen atoms in total. The fourth-order valence-corrected chi connectivity index (χ4v) is 1.35. The van der Waals surface area contributed by atoms with Gasteiger partial charge >= 0.3 is 5.97 Å². The largest absolute Gasteiger partial charge is 0.478 e. The topological polar surface area (TPSA) is 66.8 Å². The second-order valence-electron chi connectivity index (χ2n) is 3.95. The number of hydrogen-bond acceptors (Lipinski definition) is 3. The van der Waals surface area contributed by atoms with Crippen LogP contribution in [0.5, 0.6) is 0 Å². The smallest absolute Gasteiger partial charge is 0.335 e. The van der Waals surface area contributed by atoms with Gasteiger partial charge in [-0.25, -0.2) is 4.79 Å². The third-order valence-electron chi connectivity index (χ3n) is 2.54. The van der Waals surface area contributed by atoms with Crippen molar-refractivity contribution in [3.8, 4) is 11.8 Å². The Kier molecular flexibility index (Phi) is 4.90. The number of ether oxygens (including phenoxy) is 1. The Morgan fingerprint density at radius 1 is 1.39 bits per heavy atom. The molecule has 0 aliphatic heterocycles. The molecule has 1 atom stereocenters. The van der Waals surface area contributed by atoms with Crippen LogP contribution >= 0.6 is 0 Å². The van der Waals surface area contributed by atoms with Crippen molar-refractivity contribution in [2.75, 3.05) is 13.7 Å². The maximum absolute atomic E-state index is 10.7. The van der Waals surface area contributed by atoms with Crippen molar-refractivity contribution >= 4 is 5.97 Å². The van der Waals surface area contributed by atoms with Crippen molar-refractivity contribution < 1.29 is 19.7 Å². The van der Waals surface area contributed by atoms with Crippen LogP contribution in [-0.4, -0.2) is 35.5 Å². The summed E-state index contributed by atoms with van der Waals surface area (Å²) in [7, 11) is 1.50. The second kappa shape index (κ2) is 6.20. The molecular weight excluding hydrogens is 232 g/mol. The molecular formula is C14H16O4. The van der Waals surface area contributed by atoms with E-state index in [1.54, 1.807) is 12.1 Å². The molecule has 0 radical (unpaired) electrons. The van der Waals surface area contributed by atoms with Crippen molar-refractivity contribution in [1.29, 1.82) is 0 Å². The fraction of sp³-hybridized carbons (Fsp3) is 0.357. The van der Waals surface area contributed by atoms with Crippen molar-refractivity contribution in [1.82, 2.24) is 0 Å². The minimum Gasteiger partial charge on any atom is -0.478 e. The van der Waals surface area contributed by atoms with Gasteiger partial charge in [0.05, 0.1) is 12.2 Å². The van der Waals surface area contributed by atoms with Crippen LogP contribution in [0.15, 0.2) is 24.3 Å². The zero-order valence-electron chi connectivity index (χ0n) is 10.4. The summed E-state index contributed by atoms with van der Waals surface area (Å²) in [5.41, 5.74) is -0.300. The van der Waals surface area contributed by atoms with Gasteiger partial charge in [0.15, 0.2) is 0 Å². The number of rotatable bonds is 4. The highest BCUT2D eigenvalue weighted by molar-refractivity contribution is 5.87. The molecule has 0 aliphatic carbocycles. The van der Waals surface area contributed by atoms with Gasteiger partial charge in [-0.3, -0.25) is 0 Å². The summed E-state index contributed by atoms with van der Waals surface area (Å²) in [5, 5.41) is 18.8. The van der Waals surface area contributed by atoms with E-state index >= 15 is 0 Å². The van der Waals surface area contributed by atoms with Crippen LogP contribution in [-0.2, 0) is 4.74 Å². The average Bonchev–Trinajstić information content (AvgIpc) is 2.37. The Hall–Kier alpha value is -1.83. The molecule has 0 saturated carbocycles. The zero-order valence-corrected chi connectivity index (χ0v) is 10.4. The molecule has 0 bridgehead atoms. The van der Waals surface area contributed by atoms with Gasteiger partial charge in [-0.05, 0) is 30.7 Å². The van der Waals surface area contributed by atoms with Crippen molar-refractivity contribution in [2.24, 2.45) is 0 Å². The number of aromatic carboxylic acids is 1. The summed E-state index contributed by atoms with van der Waals surface area (Å²) in [6, 6.07) is 6.18. The molecule has 0 fully saturated rings. The predicted octanol–water partition coefficient (Wildman–Crippen LogP) is 1.52. The lowest BCUT2D eigenvalue weighted by atomic mass is 10.0. The lowest BCUT2D eigenvalue weighted by molar-refractivity contribution is 0.0111. The first-order valence-electron chi connectivity index (χ1n) is 5.58. The summed E-state index contributed by atoms with van der Waals surface area (Å²) in [4.78, 5) is 10.7. The summed E-state index contributed by atoms with van der Waals surface area (Å²) >= 11 is 0. The van der Waals surface area contributed by atoms with Crippen molar-refractivity contribution in [2.45, 2.75) is 18.9 Å². The molecule has 0 aromatic heterocycles. The number of carboxylic acid groups (broad SMARTS) is 1. The molecule has 1 aromatic carbocycles. The maximum atomic E-state index is 10.7. The molecule has 0 aliphatic rings. The van der Waals surface area contributed by atoms with E-state index in [2.05, 4.69) is 11.8 Å². The zero-order chi connectivity index (χ0) is 13.6. The first kappa shape index (κ1) is 14.2. The Balaban J connectivity index is 2.87. The summed E-state index contributed by atoms with van der Waals surface area (Å²) < 4.78 is 4.91. The van der Waals surface area contributed by atoms with Crippen LogP contribution < -0.4 is 0 Å². The molecule has 1 rings (SSSR count). The monoisotopic (exact) mass is 248 g/mol. The summed E-state index contributed by atoms with van der Waals surface area (Å²) in [6.45, 7) is 1.96. The van der Waals surface area contributed by atoms with Gasteiger partial charge in [0.25, 0.3) is 0 Å². The van der Waals surface area contributed by atoms with Crippen LogP contribution in [0.4, 0.5) is 0 Å². The first-order valence-corrected chi connectivity index (χ1v) is 5.58. The molecule has 0 spiro atoms. The highest BCUT2D eigenvalue weighted by Crippen LogP contribution is 2.10. The highest BCUT2D eigenvalue weighted by Gasteiger charge is 2.20. The second-order valence-corrected chi connectivity index (χ2v) is 3.95. The number of benzene rings is 1. The van der Waals surface area contributed by atoms with E-state index < -0.39 is 11.6 Å². The van der Waals surface area contributed by atoms with Crippen LogP contribution in [0.2, 0.25) is 0 Å². The van der Waals surface area contributed by atoms with E-state index in [0.29, 0.717) is 12.0 Å². The van der Waals surface area contributed by atoms with Gasteiger partial charge in [-0.1, -0.05) is 18.8 Å². The van der Waals surface area contributed by atoms with Gasteiger partial charge < -0.3 is 14.9 Å². The van der Waals surface area contributed by atoms with Crippen LogP contribution in [0.1, 0.15) is 29.3 Å². The number of carboxylic acids is 1. The third-order valence-corrected chi connectivity index (χ3v) is 2.54. The third kappa shape index (κ3) is 3.88. The molecule has 0 saturated heterocycles. The van der Waals surface area contributed by atoms with E-state index in [1.165, 1.54) is 19.2 Å². The minimum absolute atomic E-state index is 0.143. The van der Waals surface area contributed by atoms with E-state index in [4.69, 9.17) is 9.84 Å². The van der Waals surface area contributed by atoms with Crippen LogP contribution in [0.25, 0.3) is 0 Å². The lowest BCUT2D eigenvalue weighted by Gasteiger charge is -2.18. The predicted molar refractivity (Wildman–Crippen MR) is 67.4 cm³/mol. The van der Waals surface area contributed by atoms with Gasteiger partial charge in [-0.15, -0.1) is 0 Å². The van der Waals surface area contributed by atoms with Crippen molar-refractivity contribution in [3.63, 3.8) is 0 Å². The quantitative estimate of drug-likeness (QED) is 0.793. The normalized spacial score (nSPS) is 13.3. The number of methoxy groups -OCH3 is 1. The maximum Gasteiger partial charge on any atom is 0.335 e. The molecule has 96 valence electrons. The van der Waals surface area contributed by atoms with Gasteiger partial charge in [0, 0.05) is 12.7 Å². The van der Waals surface area contributed by atoms with E-state index in [1.807, 2.05) is 6.92 Å².